The molecule has 4 nitrogen and oxygen atoms in total. The van der Waals surface area contributed by atoms with E-state index in [9.17, 15) is 5.11 Å². The molecular weight excluding hydrogens is 290 g/mol. The van der Waals surface area contributed by atoms with Gasteiger partial charge in [0.25, 0.3) is 0 Å². The van der Waals surface area contributed by atoms with E-state index in [0.717, 1.165) is 17.7 Å². The van der Waals surface area contributed by atoms with E-state index in [1.54, 1.807) is 21.1 Å². The molecule has 0 bridgehead atoms. The van der Waals surface area contributed by atoms with Crippen LogP contribution in [0.1, 0.15) is 24.1 Å². The summed E-state index contributed by atoms with van der Waals surface area (Å²) in [6, 6.07) is 16.2. The molecule has 0 radical (unpaired) electrons. The van der Waals surface area contributed by atoms with Crippen LogP contribution in [0, 0.1) is 0 Å². The van der Waals surface area contributed by atoms with Crippen molar-refractivity contribution < 1.29 is 14.6 Å². The van der Waals surface area contributed by atoms with Gasteiger partial charge in [0, 0.05) is 18.2 Å². The topological polar surface area (TPSA) is 50.7 Å². The van der Waals surface area contributed by atoms with Crippen molar-refractivity contribution in [2.75, 3.05) is 20.8 Å². The standard InChI is InChI=1S/C19H25NO3/c1-14(21)13-20-17(12-15-8-5-4-6-9-15)16-10-7-11-18(22-2)19(16)23-3/h4-11,14,17,20-21H,12-13H2,1-3H3. The average Bonchev–Trinajstić information content (AvgIpc) is 2.58. The maximum Gasteiger partial charge on any atom is 0.165 e. The summed E-state index contributed by atoms with van der Waals surface area (Å²) in [6.07, 6.45) is 0.391. The third-order valence-electron chi connectivity index (χ3n) is 3.75. The zero-order valence-corrected chi connectivity index (χ0v) is 14.0. The van der Waals surface area contributed by atoms with Crippen molar-refractivity contribution in [3.05, 3.63) is 59.7 Å². The first-order chi connectivity index (χ1) is 11.2. The lowest BCUT2D eigenvalue weighted by Gasteiger charge is -2.23. The molecule has 0 saturated carbocycles. The molecule has 4 heteroatoms. The van der Waals surface area contributed by atoms with Crippen molar-refractivity contribution in [2.45, 2.75) is 25.5 Å². The lowest BCUT2D eigenvalue weighted by Crippen LogP contribution is -2.30. The molecule has 0 spiro atoms. The summed E-state index contributed by atoms with van der Waals surface area (Å²) in [4.78, 5) is 0. The van der Waals surface area contributed by atoms with Crippen LogP contribution in [-0.2, 0) is 6.42 Å². The Kier molecular flexibility index (Phi) is 6.44. The van der Waals surface area contributed by atoms with Crippen LogP contribution < -0.4 is 14.8 Å². The molecule has 23 heavy (non-hydrogen) atoms. The van der Waals surface area contributed by atoms with Gasteiger partial charge in [0.05, 0.1) is 20.3 Å². The van der Waals surface area contributed by atoms with E-state index >= 15 is 0 Å². The average molecular weight is 315 g/mol. The number of rotatable bonds is 8. The Balaban J connectivity index is 2.32. The Morgan fingerprint density at radius 3 is 2.35 bits per heavy atom. The minimum Gasteiger partial charge on any atom is -0.493 e. The van der Waals surface area contributed by atoms with Gasteiger partial charge in [-0.1, -0.05) is 42.5 Å². The Morgan fingerprint density at radius 1 is 1.00 bits per heavy atom. The van der Waals surface area contributed by atoms with E-state index in [1.807, 2.05) is 36.4 Å². The van der Waals surface area contributed by atoms with Crippen LogP contribution in [0.15, 0.2) is 48.5 Å². The molecule has 0 amide bonds. The lowest BCUT2D eigenvalue weighted by molar-refractivity contribution is 0.185. The predicted molar refractivity (Wildman–Crippen MR) is 92.1 cm³/mol. The van der Waals surface area contributed by atoms with Crippen LogP contribution in [-0.4, -0.2) is 32.0 Å². The molecule has 2 aromatic carbocycles. The van der Waals surface area contributed by atoms with Gasteiger partial charge in [-0.3, -0.25) is 0 Å². The van der Waals surface area contributed by atoms with Gasteiger partial charge >= 0.3 is 0 Å². The zero-order valence-electron chi connectivity index (χ0n) is 14.0. The number of methoxy groups -OCH3 is 2. The second-order valence-electron chi connectivity index (χ2n) is 5.58. The summed E-state index contributed by atoms with van der Waals surface area (Å²) in [6.45, 7) is 2.28. The molecule has 124 valence electrons. The smallest absolute Gasteiger partial charge is 0.165 e. The Bertz CT molecular complexity index is 599. The summed E-state index contributed by atoms with van der Waals surface area (Å²) in [5.41, 5.74) is 2.25. The van der Waals surface area contributed by atoms with Gasteiger partial charge in [0.15, 0.2) is 11.5 Å². The highest BCUT2D eigenvalue weighted by Crippen LogP contribution is 2.35. The Hall–Kier alpha value is -2.04. The third-order valence-corrected chi connectivity index (χ3v) is 3.75. The fourth-order valence-corrected chi connectivity index (χ4v) is 2.64. The molecule has 0 heterocycles. The first kappa shape index (κ1) is 17.3. The molecule has 0 aromatic heterocycles. The normalized spacial score (nSPS) is 13.4. The van der Waals surface area contributed by atoms with Crippen molar-refractivity contribution >= 4 is 0 Å². The van der Waals surface area contributed by atoms with Crippen LogP contribution in [0.2, 0.25) is 0 Å². The van der Waals surface area contributed by atoms with E-state index in [4.69, 9.17) is 9.47 Å². The van der Waals surface area contributed by atoms with Gasteiger partial charge in [-0.2, -0.15) is 0 Å². The maximum absolute atomic E-state index is 9.62. The van der Waals surface area contributed by atoms with Crippen LogP contribution >= 0.6 is 0 Å². The van der Waals surface area contributed by atoms with Crippen molar-refractivity contribution in [1.82, 2.24) is 5.32 Å². The van der Waals surface area contributed by atoms with Crippen molar-refractivity contribution in [1.29, 1.82) is 0 Å². The first-order valence-electron chi connectivity index (χ1n) is 7.82. The fourth-order valence-electron chi connectivity index (χ4n) is 2.64. The number of hydrogen-bond acceptors (Lipinski definition) is 4. The van der Waals surface area contributed by atoms with Gasteiger partial charge in [0.2, 0.25) is 0 Å². The van der Waals surface area contributed by atoms with Crippen LogP contribution in [0.3, 0.4) is 0 Å². The molecule has 0 aliphatic heterocycles. The number of ether oxygens (including phenoxy) is 2. The van der Waals surface area contributed by atoms with E-state index in [-0.39, 0.29) is 6.04 Å². The number of nitrogens with one attached hydrogen (secondary N) is 1. The highest BCUT2D eigenvalue weighted by atomic mass is 16.5. The lowest BCUT2D eigenvalue weighted by atomic mass is 9.97. The molecule has 0 fully saturated rings. The van der Waals surface area contributed by atoms with E-state index in [0.29, 0.717) is 12.3 Å². The van der Waals surface area contributed by atoms with Crippen molar-refractivity contribution in [2.24, 2.45) is 0 Å². The molecule has 2 aromatic rings. The SMILES string of the molecule is COc1cccc(C(Cc2ccccc2)NCC(C)O)c1OC. The summed E-state index contributed by atoms with van der Waals surface area (Å²) in [5.74, 6) is 1.44. The van der Waals surface area contributed by atoms with Crippen LogP contribution in [0.5, 0.6) is 11.5 Å². The number of para-hydroxylation sites is 1. The van der Waals surface area contributed by atoms with E-state index in [2.05, 4.69) is 17.4 Å². The molecule has 0 aliphatic rings. The largest absolute Gasteiger partial charge is 0.493 e. The van der Waals surface area contributed by atoms with E-state index in [1.165, 1.54) is 5.56 Å². The van der Waals surface area contributed by atoms with Gasteiger partial charge in [0.1, 0.15) is 0 Å². The van der Waals surface area contributed by atoms with E-state index < -0.39 is 6.10 Å². The molecule has 0 saturated heterocycles. The number of aliphatic hydroxyl groups is 1. The third kappa shape index (κ3) is 4.71. The van der Waals surface area contributed by atoms with Crippen LogP contribution in [0.4, 0.5) is 0 Å². The first-order valence-corrected chi connectivity index (χ1v) is 7.82. The van der Waals surface area contributed by atoms with Crippen molar-refractivity contribution in [3.8, 4) is 11.5 Å². The fraction of sp³-hybridized carbons (Fsp3) is 0.368. The maximum atomic E-state index is 9.62. The zero-order chi connectivity index (χ0) is 16.7. The minimum absolute atomic E-state index is 0.0250. The van der Waals surface area contributed by atoms with Gasteiger partial charge in [-0.25, -0.2) is 0 Å². The van der Waals surface area contributed by atoms with Gasteiger partial charge < -0.3 is 19.9 Å². The molecule has 2 N–H and O–H groups in total. The Morgan fingerprint density at radius 2 is 1.74 bits per heavy atom. The molecule has 2 rings (SSSR count). The quantitative estimate of drug-likeness (QED) is 0.786. The molecular formula is C19H25NO3. The second kappa shape index (κ2) is 8.56. The number of hydrogen-bond donors (Lipinski definition) is 2. The molecule has 2 unspecified atom stereocenters. The summed E-state index contributed by atoms with van der Waals surface area (Å²) < 4.78 is 11.0. The highest BCUT2D eigenvalue weighted by Gasteiger charge is 2.19. The summed E-state index contributed by atoms with van der Waals surface area (Å²) in [5, 5.41) is 13.0. The number of aliphatic hydroxyl groups excluding tert-OH is 1. The summed E-state index contributed by atoms with van der Waals surface area (Å²) in [7, 11) is 3.28. The highest BCUT2D eigenvalue weighted by molar-refractivity contribution is 5.48. The molecule has 0 aliphatic carbocycles. The van der Waals surface area contributed by atoms with Crippen molar-refractivity contribution in [3.63, 3.8) is 0 Å². The summed E-state index contributed by atoms with van der Waals surface area (Å²) >= 11 is 0. The Labute approximate surface area is 138 Å². The molecule has 2 atom stereocenters. The number of benzene rings is 2. The van der Waals surface area contributed by atoms with Gasteiger partial charge in [-0.15, -0.1) is 0 Å². The monoisotopic (exact) mass is 315 g/mol. The second-order valence-corrected chi connectivity index (χ2v) is 5.58. The van der Waals surface area contributed by atoms with Crippen LogP contribution in [0.25, 0.3) is 0 Å². The predicted octanol–water partition coefficient (Wildman–Crippen LogP) is 2.96. The van der Waals surface area contributed by atoms with Gasteiger partial charge in [-0.05, 0) is 25.0 Å². The minimum atomic E-state index is -0.412.